The van der Waals surface area contributed by atoms with Gasteiger partial charge in [-0.1, -0.05) is 23.7 Å². The Morgan fingerprint density at radius 3 is 2.52 bits per heavy atom. The van der Waals surface area contributed by atoms with Gasteiger partial charge in [-0.15, -0.1) is 10.2 Å². The molecule has 40 heavy (non-hydrogen) atoms. The van der Waals surface area contributed by atoms with Crippen molar-refractivity contribution in [1.82, 2.24) is 20.1 Å². The Balaban J connectivity index is 0.00000103. The van der Waals surface area contributed by atoms with Crippen LogP contribution in [0.2, 0.25) is 5.02 Å². The van der Waals surface area contributed by atoms with Gasteiger partial charge in [-0.2, -0.15) is 0 Å². The number of anilines is 1. The topological polar surface area (TPSA) is 100 Å². The third-order valence-electron chi connectivity index (χ3n) is 8.49. The van der Waals surface area contributed by atoms with Gasteiger partial charge in [-0.05, 0) is 61.6 Å². The lowest BCUT2D eigenvalue weighted by atomic mass is 9.60. The van der Waals surface area contributed by atoms with Crippen LogP contribution in [0.15, 0.2) is 42.7 Å². The van der Waals surface area contributed by atoms with Crippen molar-refractivity contribution in [3.8, 4) is 0 Å². The normalized spacial score (nSPS) is 19.6. The first-order valence-corrected chi connectivity index (χ1v) is 13.6. The highest BCUT2D eigenvalue weighted by Crippen LogP contribution is 2.55. The molecule has 2 fully saturated rings. The van der Waals surface area contributed by atoms with E-state index in [1.165, 1.54) is 6.42 Å². The fourth-order valence-electron chi connectivity index (χ4n) is 6.07. The van der Waals surface area contributed by atoms with Gasteiger partial charge in [0.05, 0.1) is 6.54 Å². The highest BCUT2D eigenvalue weighted by molar-refractivity contribution is 6.32. The molecule has 6 rings (SSSR count). The molecule has 2 saturated carbocycles. The van der Waals surface area contributed by atoms with Crippen LogP contribution in [0.5, 0.6) is 0 Å². The fourth-order valence-corrected chi connectivity index (χ4v) is 6.37. The van der Waals surface area contributed by atoms with Crippen molar-refractivity contribution in [2.24, 2.45) is 7.05 Å². The lowest BCUT2D eigenvalue weighted by molar-refractivity contribution is -0.127. The first-order chi connectivity index (χ1) is 19.0. The maximum absolute atomic E-state index is 14.2. The van der Waals surface area contributed by atoms with E-state index < -0.39 is 11.3 Å². The first-order valence-electron chi connectivity index (χ1n) is 13.3. The van der Waals surface area contributed by atoms with E-state index in [2.05, 4.69) is 22.4 Å². The first kappa shape index (κ1) is 28.2. The Hall–Kier alpha value is -3.37. The molecule has 0 saturated heterocycles. The molecule has 0 bridgehead atoms. The molecular weight excluding hydrogens is 540 g/mol. The summed E-state index contributed by atoms with van der Waals surface area (Å²) in [6.07, 6.45) is 4.96. The zero-order valence-corrected chi connectivity index (χ0v) is 23.2. The number of carbonyl (C=O) groups excluding carboxylic acids is 1. The monoisotopic (exact) mass is 571 g/mol. The van der Waals surface area contributed by atoms with Crippen molar-refractivity contribution >= 4 is 29.7 Å². The minimum Gasteiger partial charge on any atom is -0.483 e. The molecule has 2 aliphatic carbocycles. The van der Waals surface area contributed by atoms with Crippen LogP contribution in [0.4, 0.5) is 14.5 Å². The number of halogens is 3. The van der Waals surface area contributed by atoms with Gasteiger partial charge in [0.2, 0.25) is 5.92 Å². The molecule has 8 nitrogen and oxygen atoms in total. The number of carbonyl (C=O) groups is 2. The van der Waals surface area contributed by atoms with E-state index in [1.54, 1.807) is 15.8 Å². The van der Waals surface area contributed by atoms with Crippen LogP contribution in [-0.2, 0) is 36.8 Å². The van der Waals surface area contributed by atoms with E-state index in [1.807, 2.05) is 43.4 Å². The summed E-state index contributed by atoms with van der Waals surface area (Å²) < 4.78 is 30.2. The standard InChI is InChI=1S/C28H30ClF2N5O.CH2O2/c1-26(7-4-8-26)32-13-18-9-21-22(23(29)10-18)14-36(25(21)37)20-6-3-5-19(11-20)27(15-28(30,31)16-27)12-24-34-33-17-35(24)2;2-1-3/h3,5-6,9-11,17,32H,4,7-8,12-16H2,1-2H3;1H,(H,2,3). The zero-order chi connectivity index (χ0) is 28.7. The van der Waals surface area contributed by atoms with Crippen LogP contribution in [0.25, 0.3) is 0 Å². The molecule has 11 heteroatoms. The number of fused-ring (bicyclic) bond motifs is 1. The number of aromatic nitrogens is 3. The van der Waals surface area contributed by atoms with Crippen molar-refractivity contribution in [1.29, 1.82) is 0 Å². The van der Waals surface area contributed by atoms with Crippen LogP contribution < -0.4 is 10.2 Å². The van der Waals surface area contributed by atoms with Gasteiger partial charge in [0.25, 0.3) is 12.4 Å². The molecule has 2 N–H and O–H groups in total. The summed E-state index contributed by atoms with van der Waals surface area (Å²) in [6.45, 7) is 2.99. The third kappa shape index (κ3) is 5.34. The second-order valence-electron chi connectivity index (χ2n) is 11.4. The van der Waals surface area contributed by atoms with Crippen molar-refractivity contribution in [3.05, 3.63) is 75.8 Å². The van der Waals surface area contributed by atoms with E-state index in [4.69, 9.17) is 21.5 Å². The van der Waals surface area contributed by atoms with Gasteiger partial charge in [0.1, 0.15) is 12.2 Å². The molecule has 2 aromatic carbocycles. The minimum absolute atomic E-state index is 0.118. The summed E-state index contributed by atoms with van der Waals surface area (Å²) >= 11 is 6.65. The highest BCUT2D eigenvalue weighted by atomic mass is 35.5. The Morgan fingerprint density at radius 1 is 1.20 bits per heavy atom. The summed E-state index contributed by atoms with van der Waals surface area (Å²) in [7, 11) is 1.82. The van der Waals surface area contributed by atoms with E-state index in [0.29, 0.717) is 41.6 Å². The van der Waals surface area contributed by atoms with Crippen LogP contribution >= 0.6 is 11.6 Å². The molecule has 0 radical (unpaired) electrons. The number of hydrogen-bond acceptors (Lipinski definition) is 5. The van der Waals surface area contributed by atoms with E-state index in [0.717, 1.165) is 29.5 Å². The van der Waals surface area contributed by atoms with Gasteiger partial charge < -0.3 is 19.9 Å². The van der Waals surface area contributed by atoms with Gasteiger partial charge in [0.15, 0.2) is 0 Å². The number of nitrogens with zero attached hydrogens (tertiary/aromatic N) is 4. The predicted octanol–water partition coefficient (Wildman–Crippen LogP) is 5.27. The van der Waals surface area contributed by atoms with Gasteiger partial charge >= 0.3 is 0 Å². The molecule has 3 aromatic rings. The Kier molecular flexibility index (Phi) is 7.43. The molecular formula is C29H32ClF2N5O3. The molecule has 0 unspecified atom stereocenters. The summed E-state index contributed by atoms with van der Waals surface area (Å²) in [5.41, 5.74) is 3.26. The maximum Gasteiger partial charge on any atom is 0.290 e. The van der Waals surface area contributed by atoms with Crippen molar-refractivity contribution in [3.63, 3.8) is 0 Å². The van der Waals surface area contributed by atoms with E-state index in [9.17, 15) is 13.6 Å². The number of amides is 1. The molecule has 3 aliphatic rings. The Bertz CT molecular complexity index is 1430. The second-order valence-corrected chi connectivity index (χ2v) is 11.9. The molecule has 1 aromatic heterocycles. The predicted molar refractivity (Wildman–Crippen MR) is 147 cm³/mol. The minimum atomic E-state index is -2.72. The lowest BCUT2D eigenvalue weighted by Gasteiger charge is -2.48. The van der Waals surface area contributed by atoms with Gasteiger partial charge in [0, 0.05) is 65.6 Å². The quantitative estimate of drug-likeness (QED) is 0.375. The zero-order valence-electron chi connectivity index (χ0n) is 22.5. The van der Waals surface area contributed by atoms with Crippen LogP contribution in [0.1, 0.15) is 71.9 Å². The third-order valence-corrected chi connectivity index (χ3v) is 8.83. The van der Waals surface area contributed by atoms with Crippen molar-refractivity contribution in [2.75, 3.05) is 4.90 Å². The Labute approximate surface area is 236 Å². The lowest BCUT2D eigenvalue weighted by Crippen LogP contribution is -2.51. The van der Waals surface area contributed by atoms with Crippen LogP contribution in [0, 0.1) is 0 Å². The molecule has 0 spiro atoms. The number of carboxylic acid groups (broad SMARTS) is 1. The summed E-state index contributed by atoms with van der Waals surface area (Å²) in [6, 6.07) is 11.3. The number of hydrogen-bond donors (Lipinski definition) is 2. The summed E-state index contributed by atoms with van der Waals surface area (Å²) in [5.74, 6) is -2.18. The number of benzene rings is 2. The molecule has 0 atom stereocenters. The fraction of sp³-hybridized carbons (Fsp3) is 0.448. The average Bonchev–Trinajstić information content (AvgIpc) is 3.43. The van der Waals surface area contributed by atoms with Crippen LogP contribution in [0.3, 0.4) is 0 Å². The van der Waals surface area contributed by atoms with Gasteiger partial charge in [-0.25, -0.2) is 8.78 Å². The number of alkyl halides is 2. The molecule has 2 heterocycles. The largest absolute Gasteiger partial charge is 0.483 e. The number of nitrogens with one attached hydrogen (secondary N) is 1. The number of rotatable bonds is 7. The number of aryl methyl sites for hydroxylation is 1. The Morgan fingerprint density at radius 2 is 1.93 bits per heavy atom. The van der Waals surface area contributed by atoms with Gasteiger partial charge in [-0.3, -0.25) is 9.59 Å². The SMILES string of the molecule is Cn1cnnc1CC1(c2cccc(N3Cc4c(Cl)cc(CNC5(C)CCC5)cc4C3=O)c2)CC(F)(F)C1.O=CO. The van der Waals surface area contributed by atoms with Crippen LogP contribution in [-0.4, -0.2) is 43.7 Å². The molecule has 1 aliphatic heterocycles. The smallest absolute Gasteiger partial charge is 0.290 e. The summed E-state index contributed by atoms with van der Waals surface area (Å²) in [5, 5.41) is 19.1. The van der Waals surface area contributed by atoms with E-state index >= 15 is 0 Å². The van der Waals surface area contributed by atoms with Crippen molar-refractivity contribution < 1.29 is 23.5 Å². The maximum atomic E-state index is 14.2. The average molecular weight is 572 g/mol. The van der Waals surface area contributed by atoms with E-state index in [-0.39, 0.29) is 30.8 Å². The van der Waals surface area contributed by atoms with Crippen molar-refractivity contribution in [2.45, 2.75) is 75.4 Å². The highest BCUT2D eigenvalue weighted by Gasteiger charge is 2.57. The molecule has 1 amide bonds. The summed E-state index contributed by atoms with van der Waals surface area (Å²) in [4.78, 5) is 23.6. The molecule has 212 valence electrons. The second kappa shape index (κ2) is 10.6.